The molecule has 0 bridgehead atoms. The molecular formula is C14H12N4S2. The van der Waals surface area contributed by atoms with Crippen molar-refractivity contribution in [1.29, 1.82) is 0 Å². The molecule has 0 saturated heterocycles. The number of hydrogen-bond donors (Lipinski definition) is 1. The Morgan fingerprint density at radius 1 is 1.10 bits per heavy atom. The van der Waals surface area contributed by atoms with E-state index in [-0.39, 0.29) is 0 Å². The van der Waals surface area contributed by atoms with Crippen molar-refractivity contribution in [2.45, 2.75) is 0 Å². The number of anilines is 1. The SMILES string of the molecule is CN(C)c1ccc2[nH]c(-c3cc4sccc4s3)nc2n1. The summed E-state index contributed by atoms with van der Waals surface area (Å²) in [5.74, 6) is 1.82. The topological polar surface area (TPSA) is 44.8 Å². The quantitative estimate of drug-likeness (QED) is 0.609. The first-order chi connectivity index (χ1) is 9.70. The van der Waals surface area contributed by atoms with Gasteiger partial charge in [0, 0.05) is 23.5 Å². The van der Waals surface area contributed by atoms with Gasteiger partial charge in [-0.1, -0.05) is 0 Å². The maximum Gasteiger partial charge on any atom is 0.180 e. The Morgan fingerprint density at radius 3 is 2.80 bits per heavy atom. The van der Waals surface area contributed by atoms with Gasteiger partial charge < -0.3 is 9.88 Å². The van der Waals surface area contributed by atoms with E-state index >= 15 is 0 Å². The summed E-state index contributed by atoms with van der Waals surface area (Å²) in [5, 5.41) is 2.12. The van der Waals surface area contributed by atoms with Gasteiger partial charge in [-0.2, -0.15) is 0 Å². The standard InChI is InChI=1S/C14H12N4S2/c1-18(2)12-4-3-8-13(16-12)17-14(15-8)11-7-10-9(20-11)5-6-19-10/h3-7H,1-2H3,(H,15,16,17). The molecule has 0 aliphatic carbocycles. The molecule has 4 rings (SSSR count). The molecule has 0 radical (unpaired) electrons. The van der Waals surface area contributed by atoms with Crippen molar-refractivity contribution in [3.05, 3.63) is 29.6 Å². The van der Waals surface area contributed by atoms with Crippen molar-refractivity contribution in [1.82, 2.24) is 15.0 Å². The third-order valence-corrected chi connectivity index (χ3v) is 5.26. The van der Waals surface area contributed by atoms with Crippen LogP contribution in [0.1, 0.15) is 0 Å². The number of aromatic amines is 1. The van der Waals surface area contributed by atoms with Gasteiger partial charge in [0.2, 0.25) is 0 Å². The van der Waals surface area contributed by atoms with Gasteiger partial charge in [-0.3, -0.25) is 0 Å². The maximum absolute atomic E-state index is 4.62. The fourth-order valence-corrected chi connectivity index (χ4v) is 4.18. The minimum absolute atomic E-state index is 0.767. The molecule has 0 atom stereocenters. The van der Waals surface area contributed by atoms with Gasteiger partial charge >= 0.3 is 0 Å². The van der Waals surface area contributed by atoms with E-state index in [1.165, 1.54) is 9.40 Å². The van der Waals surface area contributed by atoms with Crippen LogP contribution in [0.5, 0.6) is 0 Å². The summed E-state index contributed by atoms with van der Waals surface area (Å²) in [4.78, 5) is 15.7. The Labute approximate surface area is 123 Å². The molecular weight excluding hydrogens is 288 g/mol. The third kappa shape index (κ3) is 1.80. The molecule has 4 nitrogen and oxygen atoms in total. The molecule has 0 aliphatic rings. The molecule has 0 aromatic carbocycles. The molecule has 4 aromatic heterocycles. The van der Waals surface area contributed by atoms with Crippen LogP contribution in [0.3, 0.4) is 0 Å². The largest absolute Gasteiger partial charge is 0.363 e. The Kier molecular flexibility index (Phi) is 2.55. The number of pyridine rings is 1. The van der Waals surface area contributed by atoms with Crippen LogP contribution in [0, 0.1) is 0 Å². The molecule has 0 spiro atoms. The lowest BCUT2D eigenvalue weighted by atomic mass is 10.4. The predicted octanol–water partition coefficient (Wildman–Crippen LogP) is 3.97. The van der Waals surface area contributed by atoms with Crippen LogP contribution in [0.25, 0.3) is 31.3 Å². The fraction of sp³-hybridized carbons (Fsp3) is 0.143. The van der Waals surface area contributed by atoms with Gasteiger partial charge in [-0.15, -0.1) is 22.7 Å². The summed E-state index contributed by atoms with van der Waals surface area (Å²) in [6, 6.07) is 8.37. The van der Waals surface area contributed by atoms with Gasteiger partial charge in [0.05, 0.1) is 10.4 Å². The van der Waals surface area contributed by atoms with Crippen LogP contribution in [-0.4, -0.2) is 29.0 Å². The fourth-order valence-electron chi connectivity index (χ4n) is 2.13. The molecule has 0 saturated carbocycles. The van der Waals surface area contributed by atoms with E-state index in [0.29, 0.717) is 0 Å². The summed E-state index contributed by atoms with van der Waals surface area (Å²) in [7, 11) is 3.96. The highest BCUT2D eigenvalue weighted by molar-refractivity contribution is 7.28. The number of nitrogens with one attached hydrogen (secondary N) is 1. The normalized spacial score (nSPS) is 11.5. The number of rotatable bonds is 2. The van der Waals surface area contributed by atoms with Gasteiger partial charge in [0.15, 0.2) is 11.5 Å². The van der Waals surface area contributed by atoms with Crippen LogP contribution in [0.4, 0.5) is 5.82 Å². The highest BCUT2D eigenvalue weighted by atomic mass is 32.1. The lowest BCUT2D eigenvalue weighted by Gasteiger charge is -2.09. The Balaban J connectivity index is 1.85. The monoisotopic (exact) mass is 300 g/mol. The van der Waals surface area contributed by atoms with E-state index in [2.05, 4.69) is 32.5 Å². The van der Waals surface area contributed by atoms with Gasteiger partial charge in [0.25, 0.3) is 0 Å². The minimum Gasteiger partial charge on any atom is -0.363 e. The van der Waals surface area contributed by atoms with Gasteiger partial charge in [-0.25, -0.2) is 9.97 Å². The highest BCUT2D eigenvalue weighted by Gasteiger charge is 2.11. The van der Waals surface area contributed by atoms with Crippen molar-refractivity contribution in [2.75, 3.05) is 19.0 Å². The molecule has 100 valence electrons. The number of thiophene rings is 2. The summed E-state index contributed by atoms with van der Waals surface area (Å²) in [5.41, 5.74) is 1.74. The van der Waals surface area contributed by atoms with Gasteiger partial charge in [0.1, 0.15) is 5.82 Å². The van der Waals surface area contributed by atoms with Crippen LogP contribution in [0.15, 0.2) is 29.6 Å². The van der Waals surface area contributed by atoms with Crippen molar-refractivity contribution >= 4 is 49.1 Å². The summed E-state index contributed by atoms with van der Waals surface area (Å²) < 4.78 is 2.62. The molecule has 4 aromatic rings. The average molecular weight is 300 g/mol. The lowest BCUT2D eigenvalue weighted by molar-refractivity contribution is 1.08. The van der Waals surface area contributed by atoms with Crippen molar-refractivity contribution in [3.8, 4) is 10.7 Å². The van der Waals surface area contributed by atoms with E-state index in [4.69, 9.17) is 0 Å². The third-order valence-electron chi connectivity index (χ3n) is 3.16. The number of nitrogens with zero attached hydrogens (tertiary/aromatic N) is 3. The average Bonchev–Trinajstić information content (AvgIpc) is 3.10. The Bertz CT molecular complexity index is 872. The molecule has 0 amide bonds. The second kappa shape index (κ2) is 4.29. The summed E-state index contributed by atoms with van der Waals surface area (Å²) in [6.07, 6.45) is 0. The van der Waals surface area contributed by atoms with Crippen molar-refractivity contribution < 1.29 is 0 Å². The predicted molar refractivity (Wildman–Crippen MR) is 86.9 cm³/mol. The van der Waals surface area contributed by atoms with E-state index < -0.39 is 0 Å². The van der Waals surface area contributed by atoms with E-state index in [1.54, 1.807) is 22.7 Å². The van der Waals surface area contributed by atoms with E-state index in [1.807, 2.05) is 31.1 Å². The van der Waals surface area contributed by atoms with E-state index in [9.17, 15) is 0 Å². The van der Waals surface area contributed by atoms with E-state index in [0.717, 1.165) is 27.7 Å². The first kappa shape index (κ1) is 11.9. The summed E-state index contributed by atoms with van der Waals surface area (Å²) in [6.45, 7) is 0. The summed E-state index contributed by atoms with van der Waals surface area (Å²) >= 11 is 3.52. The Morgan fingerprint density at radius 2 is 2.00 bits per heavy atom. The highest BCUT2D eigenvalue weighted by Crippen LogP contribution is 2.35. The first-order valence-corrected chi connectivity index (χ1v) is 7.92. The molecule has 0 unspecified atom stereocenters. The number of aromatic nitrogens is 3. The second-order valence-corrected chi connectivity index (χ2v) is 6.81. The molecule has 0 fully saturated rings. The van der Waals surface area contributed by atoms with Crippen molar-refractivity contribution in [3.63, 3.8) is 0 Å². The zero-order chi connectivity index (χ0) is 13.7. The smallest absolute Gasteiger partial charge is 0.180 e. The molecule has 1 N–H and O–H groups in total. The lowest BCUT2D eigenvalue weighted by Crippen LogP contribution is -2.10. The number of hydrogen-bond acceptors (Lipinski definition) is 5. The zero-order valence-electron chi connectivity index (χ0n) is 11.0. The van der Waals surface area contributed by atoms with Crippen molar-refractivity contribution in [2.24, 2.45) is 0 Å². The first-order valence-electron chi connectivity index (χ1n) is 6.22. The van der Waals surface area contributed by atoms with Crippen LogP contribution >= 0.6 is 22.7 Å². The maximum atomic E-state index is 4.62. The molecule has 20 heavy (non-hydrogen) atoms. The number of imidazole rings is 1. The molecule has 0 aliphatic heterocycles. The van der Waals surface area contributed by atoms with Crippen LogP contribution < -0.4 is 4.90 Å². The zero-order valence-corrected chi connectivity index (χ0v) is 12.7. The number of fused-ring (bicyclic) bond motifs is 2. The molecule has 4 heterocycles. The second-order valence-electron chi connectivity index (χ2n) is 4.78. The Hall–Kier alpha value is -1.92. The molecule has 6 heteroatoms. The minimum atomic E-state index is 0.767. The van der Waals surface area contributed by atoms with Crippen LogP contribution in [0.2, 0.25) is 0 Å². The van der Waals surface area contributed by atoms with Crippen LogP contribution in [-0.2, 0) is 0 Å². The van der Waals surface area contributed by atoms with Gasteiger partial charge in [-0.05, 0) is 29.6 Å². The number of H-pyrrole nitrogens is 1.